The molecular weight excluding hydrogens is 264 g/mol. The molecule has 0 saturated carbocycles. The Bertz CT molecular complexity index is 793. The van der Waals surface area contributed by atoms with Gasteiger partial charge in [0.1, 0.15) is 11.6 Å². The zero-order valence-electron chi connectivity index (χ0n) is 11.3. The van der Waals surface area contributed by atoms with E-state index >= 15 is 0 Å². The number of rotatable bonds is 3. The van der Waals surface area contributed by atoms with Gasteiger partial charge in [-0.3, -0.25) is 4.79 Å². The molecule has 3 aromatic rings. The van der Waals surface area contributed by atoms with E-state index in [1.54, 1.807) is 30.5 Å². The van der Waals surface area contributed by atoms with Crippen LogP contribution in [0.2, 0.25) is 0 Å². The van der Waals surface area contributed by atoms with E-state index < -0.39 is 0 Å². The zero-order valence-corrected chi connectivity index (χ0v) is 11.3. The summed E-state index contributed by atoms with van der Waals surface area (Å²) in [5.41, 5.74) is 2.14. The molecule has 1 heterocycles. The molecule has 0 radical (unpaired) electrons. The second-order valence-electron chi connectivity index (χ2n) is 4.78. The van der Waals surface area contributed by atoms with E-state index in [0.29, 0.717) is 17.8 Å². The fraction of sp³-hybridized carbons (Fsp3) is 0.0588. The second kappa shape index (κ2) is 5.63. The van der Waals surface area contributed by atoms with Crippen LogP contribution in [-0.2, 0) is 6.42 Å². The standard InChI is InChI=1S/C17H14N2O2/c20-14-8-6-13(7-9-14)15-11-18-16(19-17(15)21)10-12-4-2-1-3-5-12/h1-9,11,20H,10H2,(H,18,19,21). The molecule has 0 aliphatic rings. The van der Waals surface area contributed by atoms with Gasteiger partial charge in [0.25, 0.3) is 5.56 Å². The van der Waals surface area contributed by atoms with Crippen molar-refractivity contribution in [3.63, 3.8) is 0 Å². The molecule has 0 spiro atoms. The highest BCUT2D eigenvalue weighted by Gasteiger charge is 2.06. The smallest absolute Gasteiger partial charge is 0.258 e. The average molecular weight is 278 g/mol. The van der Waals surface area contributed by atoms with Crippen molar-refractivity contribution in [3.05, 3.63) is 82.5 Å². The summed E-state index contributed by atoms with van der Waals surface area (Å²) >= 11 is 0. The molecule has 104 valence electrons. The van der Waals surface area contributed by atoms with E-state index in [1.807, 2.05) is 30.3 Å². The maximum Gasteiger partial charge on any atom is 0.258 e. The number of nitrogens with zero attached hydrogens (tertiary/aromatic N) is 1. The number of H-pyrrole nitrogens is 1. The predicted octanol–water partition coefficient (Wildman–Crippen LogP) is 2.73. The van der Waals surface area contributed by atoms with Gasteiger partial charge in [-0.25, -0.2) is 4.98 Å². The lowest BCUT2D eigenvalue weighted by molar-refractivity contribution is 0.475. The third-order valence-electron chi connectivity index (χ3n) is 3.24. The number of hydrogen-bond donors (Lipinski definition) is 2. The molecule has 0 bridgehead atoms. The predicted molar refractivity (Wildman–Crippen MR) is 81.2 cm³/mol. The van der Waals surface area contributed by atoms with Crippen molar-refractivity contribution >= 4 is 0 Å². The van der Waals surface area contributed by atoms with Crippen LogP contribution in [0.1, 0.15) is 11.4 Å². The first-order chi connectivity index (χ1) is 10.2. The molecule has 0 fully saturated rings. The number of phenolic OH excluding ortho intramolecular Hbond substituents is 1. The van der Waals surface area contributed by atoms with Crippen LogP contribution in [0, 0.1) is 0 Å². The first-order valence-corrected chi connectivity index (χ1v) is 6.64. The van der Waals surface area contributed by atoms with Gasteiger partial charge >= 0.3 is 0 Å². The van der Waals surface area contributed by atoms with Crippen LogP contribution in [0.3, 0.4) is 0 Å². The highest BCUT2D eigenvalue weighted by atomic mass is 16.3. The third kappa shape index (κ3) is 3.00. The van der Waals surface area contributed by atoms with Gasteiger partial charge in [0.2, 0.25) is 0 Å². The lowest BCUT2D eigenvalue weighted by Crippen LogP contribution is -2.13. The number of aromatic hydroxyl groups is 1. The van der Waals surface area contributed by atoms with E-state index in [0.717, 1.165) is 11.1 Å². The second-order valence-corrected chi connectivity index (χ2v) is 4.78. The van der Waals surface area contributed by atoms with Gasteiger partial charge in [-0.2, -0.15) is 0 Å². The molecule has 4 heteroatoms. The fourth-order valence-corrected chi connectivity index (χ4v) is 2.16. The Morgan fingerprint density at radius 3 is 2.38 bits per heavy atom. The Balaban J connectivity index is 1.90. The van der Waals surface area contributed by atoms with E-state index in [2.05, 4.69) is 9.97 Å². The summed E-state index contributed by atoms with van der Waals surface area (Å²) in [6, 6.07) is 16.3. The minimum absolute atomic E-state index is 0.170. The largest absolute Gasteiger partial charge is 0.508 e. The van der Waals surface area contributed by atoms with Gasteiger partial charge in [0, 0.05) is 12.6 Å². The highest BCUT2D eigenvalue weighted by molar-refractivity contribution is 5.62. The summed E-state index contributed by atoms with van der Waals surface area (Å²) < 4.78 is 0. The highest BCUT2D eigenvalue weighted by Crippen LogP contribution is 2.18. The maximum absolute atomic E-state index is 12.2. The molecule has 0 amide bonds. The summed E-state index contributed by atoms with van der Waals surface area (Å²) in [6.45, 7) is 0. The summed E-state index contributed by atoms with van der Waals surface area (Å²) in [5.74, 6) is 0.803. The van der Waals surface area contributed by atoms with Gasteiger partial charge in [0.05, 0.1) is 5.56 Å². The lowest BCUT2D eigenvalue weighted by Gasteiger charge is -2.04. The number of aromatic amines is 1. The fourth-order valence-electron chi connectivity index (χ4n) is 2.16. The van der Waals surface area contributed by atoms with E-state index in [-0.39, 0.29) is 11.3 Å². The number of benzene rings is 2. The zero-order chi connectivity index (χ0) is 14.7. The van der Waals surface area contributed by atoms with E-state index in [1.165, 1.54) is 0 Å². The molecule has 0 aliphatic carbocycles. The minimum atomic E-state index is -0.179. The molecular formula is C17H14N2O2. The van der Waals surface area contributed by atoms with Gasteiger partial charge in [-0.05, 0) is 23.3 Å². The van der Waals surface area contributed by atoms with Crippen molar-refractivity contribution in [2.24, 2.45) is 0 Å². The molecule has 2 N–H and O–H groups in total. The van der Waals surface area contributed by atoms with Crippen molar-refractivity contribution < 1.29 is 5.11 Å². The SMILES string of the molecule is O=c1[nH]c(Cc2ccccc2)ncc1-c1ccc(O)cc1. The van der Waals surface area contributed by atoms with Crippen molar-refractivity contribution in [3.8, 4) is 16.9 Å². The summed E-state index contributed by atoms with van der Waals surface area (Å²) in [5, 5.41) is 9.28. The topological polar surface area (TPSA) is 66.0 Å². The van der Waals surface area contributed by atoms with Crippen molar-refractivity contribution in [1.29, 1.82) is 0 Å². The van der Waals surface area contributed by atoms with Crippen molar-refractivity contribution in [2.75, 3.05) is 0 Å². The van der Waals surface area contributed by atoms with Gasteiger partial charge < -0.3 is 10.1 Å². The Kier molecular flexibility index (Phi) is 3.51. The van der Waals surface area contributed by atoms with Crippen LogP contribution in [0.25, 0.3) is 11.1 Å². The van der Waals surface area contributed by atoms with Gasteiger partial charge in [-0.15, -0.1) is 0 Å². The van der Waals surface area contributed by atoms with Crippen molar-refractivity contribution in [2.45, 2.75) is 6.42 Å². The molecule has 1 aromatic heterocycles. The molecule has 0 unspecified atom stereocenters. The number of phenols is 1. The van der Waals surface area contributed by atoms with Gasteiger partial charge in [0.15, 0.2) is 0 Å². The lowest BCUT2D eigenvalue weighted by atomic mass is 10.1. The Morgan fingerprint density at radius 1 is 1.00 bits per heavy atom. The van der Waals surface area contributed by atoms with Crippen LogP contribution in [-0.4, -0.2) is 15.1 Å². The monoisotopic (exact) mass is 278 g/mol. The quantitative estimate of drug-likeness (QED) is 0.774. The first-order valence-electron chi connectivity index (χ1n) is 6.64. The molecule has 21 heavy (non-hydrogen) atoms. The molecule has 3 rings (SSSR count). The molecule has 4 nitrogen and oxygen atoms in total. The third-order valence-corrected chi connectivity index (χ3v) is 3.24. The number of hydrogen-bond acceptors (Lipinski definition) is 3. The minimum Gasteiger partial charge on any atom is -0.508 e. The molecule has 2 aromatic carbocycles. The van der Waals surface area contributed by atoms with E-state index in [9.17, 15) is 9.90 Å². The average Bonchev–Trinajstić information content (AvgIpc) is 2.50. The Labute approximate surface area is 121 Å². The van der Waals surface area contributed by atoms with Gasteiger partial charge in [-0.1, -0.05) is 42.5 Å². The van der Waals surface area contributed by atoms with Crippen LogP contribution in [0.15, 0.2) is 65.6 Å². The van der Waals surface area contributed by atoms with Crippen LogP contribution in [0.4, 0.5) is 0 Å². The van der Waals surface area contributed by atoms with Crippen LogP contribution >= 0.6 is 0 Å². The van der Waals surface area contributed by atoms with E-state index in [4.69, 9.17) is 0 Å². The first kappa shape index (κ1) is 13.1. The molecule has 0 aliphatic heterocycles. The summed E-state index contributed by atoms with van der Waals surface area (Å²) in [4.78, 5) is 19.3. The Morgan fingerprint density at radius 2 is 1.71 bits per heavy atom. The molecule has 0 atom stereocenters. The van der Waals surface area contributed by atoms with Crippen molar-refractivity contribution in [1.82, 2.24) is 9.97 Å². The van der Waals surface area contributed by atoms with Crippen LogP contribution in [0.5, 0.6) is 5.75 Å². The maximum atomic E-state index is 12.2. The Hall–Kier alpha value is -2.88. The normalized spacial score (nSPS) is 10.5. The molecule has 0 saturated heterocycles. The summed E-state index contributed by atoms with van der Waals surface area (Å²) in [6.07, 6.45) is 2.16. The number of nitrogens with one attached hydrogen (secondary N) is 1. The number of aromatic nitrogens is 2. The summed E-state index contributed by atoms with van der Waals surface area (Å²) in [7, 11) is 0. The van der Waals surface area contributed by atoms with Crippen LogP contribution < -0.4 is 5.56 Å².